The summed E-state index contributed by atoms with van der Waals surface area (Å²) in [6.07, 6.45) is 8.52. The Labute approximate surface area is 126 Å². The first-order valence-corrected chi connectivity index (χ1v) is 8.66. The van der Waals surface area contributed by atoms with E-state index < -0.39 is 0 Å². The molecule has 2 nitrogen and oxygen atoms in total. The molecule has 2 heterocycles. The van der Waals surface area contributed by atoms with Gasteiger partial charge in [-0.05, 0) is 42.5 Å². The van der Waals surface area contributed by atoms with Crippen molar-refractivity contribution >= 4 is 21.6 Å². The van der Waals surface area contributed by atoms with E-state index in [-0.39, 0.29) is 0 Å². The fourth-order valence-corrected chi connectivity index (χ4v) is 3.58. The van der Waals surface area contributed by atoms with Crippen LogP contribution in [0.4, 0.5) is 0 Å². The molecular weight excluding hydrogens is 264 g/mol. The minimum atomic E-state index is 0.427. The van der Waals surface area contributed by atoms with Crippen LogP contribution in [0, 0.1) is 5.92 Å². The summed E-state index contributed by atoms with van der Waals surface area (Å²) in [5, 5.41) is 5.60. The van der Waals surface area contributed by atoms with Crippen LogP contribution in [0.1, 0.15) is 57.6 Å². The molecule has 0 aliphatic heterocycles. The van der Waals surface area contributed by atoms with Gasteiger partial charge in [0.1, 0.15) is 0 Å². The van der Waals surface area contributed by atoms with E-state index in [0.717, 1.165) is 11.4 Å². The number of nitrogens with one attached hydrogen (secondary N) is 1. The zero-order chi connectivity index (χ0) is 14.4. The van der Waals surface area contributed by atoms with Crippen LogP contribution in [0.15, 0.2) is 23.7 Å². The van der Waals surface area contributed by atoms with Gasteiger partial charge in [0.25, 0.3) is 0 Å². The van der Waals surface area contributed by atoms with Crippen LogP contribution in [0.2, 0.25) is 0 Å². The standard InChI is InChI=1S/C17H26N2S/c1-4-6-7-13(5-2)10-16(18-3)14-11-17-15(19-12-14)8-9-20-17/h8-9,11-13,16,18H,4-7,10H2,1-3H3. The third-order valence-corrected chi connectivity index (χ3v) is 5.04. The molecule has 0 radical (unpaired) electrons. The van der Waals surface area contributed by atoms with Gasteiger partial charge in [0, 0.05) is 12.2 Å². The van der Waals surface area contributed by atoms with Gasteiger partial charge in [0.05, 0.1) is 10.2 Å². The lowest BCUT2D eigenvalue weighted by molar-refractivity contribution is 0.364. The fourth-order valence-electron chi connectivity index (χ4n) is 2.79. The van der Waals surface area contributed by atoms with E-state index in [4.69, 9.17) is 0 Å². The van der Waals surface area contributed by atoms with E-state index in [1.165, 1.54) is 42.4 Å². The zero-order valence-electron chi connectivity index (χ0n) is 12.9. The summed E-state index contributed by atoms with van der Waals surface area (Å²) in [6, 6.07) is 4.82. The van der Waals surface area contributed by atoms with Crippen LogP contribution in [0.5, 0.6) is 0 Å². The molecule has 3 heteroatoms. The average Bonchev–Trinajstić information content (AvgIpc) is 2.95. The number of pyridine rings is 1. The lowest BCUT2D eigenvalue weighted by Crippen LogP contribution is -2.20. The molecule has 2 rings (SSSR count). The number of fused-ring (bicyclic) bond motifs is 1. The third kappa shape index (κ3) is 3.80. The van der Waals surface area contributed by atoms with E-state index in [0.29, 0.717) is 6.04 Å². The number of rotatable bonds is 8. The van der Waals surface area contributed by atoms with Gasteiger partial charge in [0.15, 0.2) is 0 Å². The zero-order valence-corrected chi connectivity index (χ0v) is 13.7. The summed E-state index contributed by atoms with van der Waals surface area (Å²) in [6.45, 7) is 4.59. The molecular formula is C17H26N2S. The lowest BCUT2D eigenvalue weighted by Gasteiger charge is -2.22. The maximum atomic E-state index is 4.58. The second-order valence-electron chi connectivity index (χ2n) is 5.57. The molecule has 0 bridgehead atoms. The molecule has 0 aliphatic rings. The lowest BCUT2D eigenvalue weighted by atomic mass is 9.90. The normalized spacial score (nSPS) is 14.6. The summed E-state index contributed by atoms with van der Waals surface area (Å²) < 4.78 is 1.30. The Hall–Kier alpha value is -0.930. The first-order valence-electron chi connectivity index (χ1n) is 7.78. The Balaban J connectivity index is 2.09. The monoisotopic (exact) mass is 290 g/mol. The predicted molar refractivity (Wildman–Crippen MR) is 89.3 cm³/mol. The van der Waals surface area contributed by atoms with Crippen LogP contribution >= 0.6 is 11.3 Å². The van der Waals surface area contributed by atoms with Crippen LogP contribution in [-0.4, -0.2) is 12.0 Å². The fraction of sp³-hybridized carbons (Fsp3) is 0.588. The largest absolute Gasteiger partial charge is 0.313 e. The van der Waals surface area contributed by atoms with Crippen LogP contribution in [0.3, 0.4) is 0 Å². The van der Waals surface area contributed by atoms with Crippen molar-refractivity contribution in [3.05, 3.63) is 29.3 Å². The quantitative estimate of drug-likeness (QED) is 0.726. The predicted octanol–water partition coefficient (Wildman–Crippen LogP) is 5.16. The number of hydrogen-bond donors (Lipinski definition) is 1. The molecule has 0 saturated carbocycles. The second kappa shape index (κ2) is 7.75. The smallest absolute Gasteiger partial charge is 0.0809 e. The highest BCUT2D eigenvalue weighted by Crippen LogP contribution is 2.29. The highest BCUT2D eigenvalue weighted by atomic mass is 32.1. The van der Waals surface area contributed by atoms with E-state index >= 15 is 0 Å². The van der Waals surface area contributed by atoms with Crippen molar-refractivity contribution in [2.24, 2.45) is 5.92 Å². The van der Waals surface area contributed by atoms with Gasteiger partial charge in [-0.1, -0.05) is 39.5 Å². The minimum absolute atomic E-state index is 0.427. The number of aromatic nitrogens is 1. The minimum Gasteiger partial charge on any atom is -0.313 e. The Morgan fingerprint density at radius 3 is 2.90 bits per heavy atom. The van der Waals surface area contributed by atoms with Gasteiger partial charge in [0.2, 0.25) is 0 Å². The van der Waals surface area contributed by atoms with Crippen molar-refractivity contribution in [1.82, 2.24) is 10.3 Å². The molecule has 0 aromatic carbocycles. The van der Waals surface area contributed by atoms with Crippen molar-refractivity contribution in [2.45, 2.75) is 52.0 Å². The Morgan fingerprint density at radius 2 is 2.20 bits per heavy atom. The highest BCUT2D eigenvalue weighted by molar-refractivity contribution is 7.17. The van der Waals surface area contributed by atoms with E-state index in [2.05, 4.69) is 48.7 Å². The molecule has 0 fully saturated rings. The number of nitrogens with zero attached hydrogens (tertiary/aromatic N) is 1. The van der Waals surface area contributed by atoms with Gasteiger partial charge in [-0.25, -0.2) is 0 Å². The molecule has 20 heavy (non-hydrogen) atoms. The first-order chi connectivity index (χ1) is 9.78. The SMILES string of the molecule is CCCCC(CC)CC(NC)c1cnc2ccsc2c1. The van der Waals surface area contributed by atoms with E-state index in [1.807, 2.05) is 6.20 Å². The molecule has 110 valence electrons. The maximum absolute atomic E-state index is 4.58. The summed E-state index contributed by atoms with van der Waals surface area (Å²) in [5.41, 5.74) is 2.45. The van der Waals surface area contributed by atoms with Crippen molar-refractivity contribution in [3.63, 3.8) is 0 Å². The van der Waals surface area contributed by atoms with Gasteiger partial charge in [-0.15, -0.1) is 11.3 Å². The molecule has 0 saturated heterocycles. The summed E-state index contributed by atoms with van der Waals surface area (Å²) in [4.78, 5) is 4.58. The molecule has 2 aromatic heterocycles. The number of thiophene rings is 1. The number of unbranched alkanes of at least 4 members (excludes halogenated alkanes) is 1. The van der Waals surface area contributed by atoms with E-state index in [1.54, 1.807) is 11.3 Å². The van der Waals surface area contributed by atoms with Gasteiger partial charge >= 0.3 is 0 Å². The van der Waals surface area contributed by atoms with Gasteiger partial charge in [-0.2, -0.15) is 0 Å². The molecule has 2 atom stereocenters. The third-order valence-electron chi connectivity index (χ3n) is 4.19. The Morgan fingerprint density at radius 1 is 1.35 bits per heavy atom. The summed E-state index contributed by atoms with van der Waals surface area (Å²) in [7, 11) is 2.07. The molecule has 0 aliphatic carbocycles. The topological polar surface area (TPSA) is 24.9 Å². The molecule has 2 aromatic rings. The van der Waals surface area contributed by atoms with Crippen molar-refractivity contribution < 1.29 is 0 Å². The Bertz CT molecular complexity index is 520. The number of hydrogen-bond acceptors (Lipinski definition) is 3. The van der Waals surface area contributed by atoms with Crippen LogP contribution in [0.25, 0.3) is 10.2 Å². The maximum Gasteiger partial charge on any atom is 0.0809 e. The van der Waals surface area contributed by atoms with Crippen molar-refractivity contribution in [2.75, 3.05) is 7.05 Å². The molecule has 2 unspecified atom stereocenters. The van der Waals surface area contributed by atoms with E-state index in [9.17, 15) is 0 Å². The van der Waals surface area contributed by atoms with Crippen molar-refractivity contribution in [3.8, 4) is 0 Å². The van der Waals surface area contributed by atoms with Crippen molar-refractivity contribution in [1.29, 1.82) is 0 Å². The summed E-state index contributed by atoms with van der Waals surface area (Å²) in [5.74, 6) is 0.812. The van der Waals surface area contributed by atoms with Crippen LogP contribution in [-0.2, 0) is 0 Å². The molecule has 0 amide bonds. The first kappa shape index (κ1) is 15.5. The van der Waals surface area contributed by atoms with Gasteiger partial charge < -0.3 is 5.32 Å². The summed E-state index contributed by atoms with van der Waals surface area (Å²) >= 11 is 1.78. The molecule has 0 spiro atoms. The Kier molecular flexibility index (Phi) is 5.99. The second-order valence-corrected chi connectivity index (χ2v) is 6.51. The van der Waals surface area contributed by atoms with Gasteiger partial charge in [-0.3, -0.25) is 4.98 Å². The molecule has 1 N–H and O–H groups in total. The van der Waals surface area contributed by atoms with Crippen LogP contribution < -0.4 is 5.32 Å². The highest BCUT2D eigenvalue weighted by Gasteiger charge is 2.16. The average molecular weight is 290 g/mol.